The van der Waals surface area contributed by atoms with Crippen LogP contribution in [0.3, 0.4) is 0 Å². The van der Waals surface area contributed by atoms with Crippen LogP contribution in [0.25, 0.3) is 0 Å². The summed E-state index contributed by atoms with van der Waals surface area (Å²) in [5, 5.41) is 11.4. The molecular weight excluding hydrogens is 308 g/mol. The van der Waals surface area contributed by atoms with Crippen LogP contribution in [-0.4, -0.2) is 23.9 Å². The van der Waals surface area contributed by atoms with Crippen molar-refractivity contribution >= 4 is 17.3 Å². The summed E-state index contributed by atoms with van der Waals surface area (Å²) in [6.07, 6.45) is 0.671. The van der Waals surface area contributed by atoms with Crippen LogP contribution in [0.4, 0.5) is 11.4 Å². The van der Waals surface area contributed by atoms with Crippen molar-refractivity contribution in [3.63, 3.8) is 0 Å². The molecule has 0 bridgehead atoms. The lowest BCUT2D eigenvalue weighted by atomic mass is 10.1. The Bertz CT molecular complexity index is 719. The third kappa shape index (κ3) is 4.30. The average Bonchev–Trinajstić information content (AvgIpc) is 2.58. The Kier molecular flexibility index (Phi) is 5.86. The first-order valence-corrected chi connectivity index (χ1v) is 7.60. The molecule has 2 rings (SSSR count). The Morgan fingerprint density at radius 3 is 2.46 bits per heavy atom. The predicted molar refractivity (Wildman–Crippen MR) is 92.8 cm³/mol. The molecule has 0 fully saturated rings. The number of carbonyl (C=O) groups excluding carboxylic acids is 1. The first-order chi connectivity index (χ1) is 11.5. The van der Waals surface area contributed by atoms with E-state index in [1.54, 1.807) is 0 Å². The van der Waals surface area contributed by atoms with Crippen molar-refractivity contribution in [1.82, 2.24) is 0 Å². The molecule has 4 N–H and O–H groups in total. The van der Waals surface area contributed by atoms with Gasteiger partial charge in [0.1, 0.15) is 5.69 Å². The van der Waals surface area contributed by atoms with Gasteiger partial charge in [0.25, 0.3) is 5.69 Å². The van der Waals surface area contributed by atoms with E-state index in [2.05, 4.69) is 0 Å². The smallest absolute Gasteiger partial charge is 0.292 e. The molecule has 0 aliphatic carbocycles. The number of nitro groups is 1. The summed E-state index contributed by atoms with van der Waals surface area (Å²) in [5.41, 5.74) is 12.5. The zero-order valence-electron chi connectivity index (χ0n) is 13.2. The van der Waals surface area contributed by atoms with Gasteiger partial charge in [-0.2, -0.15) is 0 Å². The number of benzene rings is 2. The van der Waals surface area contributed by atoms with Crippen molar-refractivity contribution in [2.45, 2.75) is 13.0 Å². The number of primary amides is 1. The number of nitrogens with zero attached hydrogens (tertiary/aromatic N) is 2. The number of hydrogen-bond acceptors (Lipinski definition) is 5. The van der Waals surface area contributed by atoms with Crippen LogP contribution in [0, 0.1) is 10.1 Å². The Balaban J connectivity index is 2.44. The molecule has 0 aliphatic rings. The maximum atomic E-state index is 11.4. The summed E-state index contributed by atoms with van der Waals surface area (Å²) < 4.78 is 0. The maximum Gasteiger partial charge on any atom is 0.292 e. The van der Waals surface area contributed by atoms with Crippen molar-refractivity contribution in [2.75, 3.05) is 18.0 Å². The van der Waals surface area contributed by atoms with Crippen LogP contribution in [0.1, 0.15) is 22.3 Å². The lowest BCUT2D eigenvalue weighted by Crippen LogP contribution is -2.27. The highest BCUT2D eigenvalue weighted by molar-refractivity contribution is 5.94. The van der Waals surface area contributed by atoms with Crippen molar-refractivity contribution in [3.05, 3.63) is 69.8 Å². The Hall–Kier alpha value is -2.93. The normalized spacial score (nSPS) is 10.4. The summed E-state index contributed by atoms with van der Waals surface area (Å²) in [7, 11) is 0. The first-order valence-electron chi connectivity index (χ1n) is 7.60. The van der Waals surface area contributed by atoms with Crippen LogP contribution < -0.4 is 16.4 Å². The van der Waals surface area contributed by atoms with E-state index in [0.717, 1.165) is 5.56 Å². The number of carbonyl (C=O) groups is 1. The molecular formula is C17H20N4O3. The molecule has 0 aliphatic heterocycles. The van der Waals surface area contributed by atoms with Gasteiger partial charge in [-0.1, -0.05) is 30.3 Å². The molecule has 0 unspecified atom stereocenters. The van der Waals surface area contributed by atoms with Gasteiger partial charge >= 0.3 is 0 Å². The van der Waals surface area contributed by atoms with E-state index in [1.165, 1.54) is 18.2 Å². The van der Waals surface area contributed by atoms with Crippen LogP contribution in [0.5, 0.6) is 0 Å². The summed E-state index contributed by atoms with van der Waals surface area (Å²) in [6.45, 7) is 1.48. The molecule has 0 atom stereocenters. The van der Waals surface area contributed by atoms with Crippen LogP contribution in [0.2, 0.25) is 0 Å². The standard InChI is InChI=1S/C17H20N4O3/c18-9-4-10-20(12-13-5-2-1-3-6-13)16-11-14(17(19)22)7-8-15(16)21(23)24/h1-3,5-8,11H,4,9-10,12,18H2,(H2,19,22). The number of anilines is 1. The molecule has 0 aromatic heterocycles. The molecule has 2 aromatic rings. The quantitative estimate of drug-likeness (QED) is 0.568. The zero-order valence-corrected chi connectivity index (χ0v) is 13.2. The molecule has 7 heteroatoms. The minimum atomic E-state index is -0.621. The van der Waals surface area contributed by atoms with Gasteiger partial charge in [0.05, 0.1) is 4.92 Å². The van der Waals surface area contributed by atoms with Gasteiger partial charge in [-0.25, -0.2) is 0 Å². The Labute approximate surface area is 140 Å². The molecule has 126 valence electrons. The highest BCUT2D eigenvalue weighted by Crippen LogP contribution is 2.30. The summed E-state index contributed by atoms with van der Waals surface area (Å²) in [5.74, 6) is -0.621. The van der Waals surface area contributed by atoms with E-state index in [-0.39, 0.29) is 11.3 Å². The fourth-order valence-corrected chi connectivity index (χ4v) is 2.46. The highest BCUT2D eigenvalue weighted by Gasteiger charge is 2.21. The minimum absolute atomic E-state index is 0.0621. The Morgan fingerprint density at radius 2 is 1.88 bits per heavy atom. The summed E-state index contributed by atoms with van der Waals surface area (Å²) in [6, 6.07) is 13.8. The van der Waals surface area contributed by atoms with Gasteiger partial charge in [-0.3, -0.25) is 14.9 Å². The first kappa shape index (κ1) is 17.4. The van der Waals surface area contributed by atoms with Crippen molar-refractivity contribution in [2.24, 2.45) is 11.5 Å². The summed E-state index contributed by atoms with van der Waals surface area (Å²) >= 11 is 0. The number of amides is 1. The van der Waals surface area contributed by atoms with Gasteiger partial charge in [-0.05, 0) is 30.7 Å². The van der Waals surface area contributed by atoms with Crippen molar-refractivity contribution in [1.29, 1.82) is 0 Å². The second-order valence-corrected chi connectivity index (χ2v) is 5.37. The third-order valence-corrected chi connectivity index (χ3v) is 3.65. The third-order valence-electron chi connectivity index (χ3n) is 3.65. The number of nitrogens with two attached hydrogens (primary N) is 2. The SMILES string of the molecule is NCCCN(Cc1ccccc1)c1cc(C(N)=O)ccc1[N+](=O)[O-]. The largest absolute Gasteiger partial charge is 0.366 e. The van der Waals surface area contributed by atoms with Crippen LogP contribution in [0.15, 0.2) is 48.5 Å². The zero-order chi connectivity index (χ0) is 17.5. The molecule has 7 nitrogen and oxygen atoms in total. The van der Waals surface area contributed by atoms with E-state index in [1.807, 2.05) is 35.2 Å². The van der Waals surface area contributed by atoms with E-state index in [9.17, 15) is 14.9 Å². The second-order valence-electron chi connectivity index (χ2n) is 5.37. The van der Waals surface area contributed by atoms with E-state index >= 15 is 0 Å². The molecule has 0 heterocycles. The van der Waals surface area contributed by atoms with Gasteiger partial charge in [0, 0.05) is 24.7 Å². The second kappa shape index (κ2) is 8.07. The number of nitro benzene ring substituents is 1. The lowest BCUT2D eigenvalue weighted by molar-refractivity contribution is -0.384. The van der Waals surface area contributed by atoms with Crippen LogP contribution >= 0.6 is 0 Å². The van der Waals surface area contributed by atoms with Gasteiger partial charge < -0.3 is 16.4 Å². The molecule has 0 saturated carbocycles. The monoisotopic (exact) mass is 328 g/mol. The van der Waals surface area contributed by atoms with E-state index in [0.29, 0.717) is 31.7 Å². The number of rotatable bonds is 8. The molecule has 24 heavy (non-hydrogen) atoms. The van der Waals surface area contributed by atoms with Gasteiger partial charge in [-0.15, -0.1) is 0 Å². The summed E-state index contributed by atoms with van der Waals surface area (Å²) in [4.78, 5) is 24.2. The Morgan fingerprint density at radius 1 is 1.17 bits per heavy atom. The topological polar surface area (TPSA) is 115 Å². The van der Waals surface area contributed by atoms with Crippen molar-refractivity contribution in [3.8, 4) is 0 Å². The molecule has 2 aromatic carbocycles. The van der Waals surface area contributed by atoms with E-state index < -0.39 is 10.8 Å². The lowest BCUT2D eigenvalue weighted by Gasteiger charge is -2.25. The fraction of sp³-hybridized carbons (Fsp3) is 0.235. The highest BCUT2D eigenvalue weighted by atomic mass is 16.6. The van der Waals surface area contributed by atoms with Gasteiger partial charge in [0.15, 0.2) is 0 Å². The fourth-order valence-electron chi connectivity index (χ4n) is 2.46. The molecule has 0 spiro atoms. The van der Waals surface area contributed by atoms with Crippen molar-refractivity contribution < 1.29 is 9.72 Å². The van der Waals surface area contributed by atoms with Gasteiger partial charge in [0.2, 0.25) is 5.91 Å². The molecule has 0 radical (unpaired) electrons. The average molecular weight is 328 g/mol. The number of hydrogen-bond donors (Lipinski definition) is 2. The molecule has 0 saturated heterocycles. The molecule has 1 amide bonds. The minimum Gasteiger partial charge on any atom is -0.366 e. The maximum absolute atomic E-state index is 11.4. The van der Waals surface area contributed by atoms with Crippen LogP contribution in [-0.2, 0) is 6.54 Å². The van der Waals surface area contributed by atoms with E-state index in [4.69, 9.17) is 11.5 Å². The predicted octanol–water partition coefficient (Wildman–Crippen LogP) is 2.05.